The van der Waals surface area contributed by atoms with Crippen LogP contribution in [0.3, 0.4) is 0 Å². The molecule has 2 nitrogen and oxygen atoms in total. The summed E-state index contributed by atoms with van der Waals surface area (Å²) in [5.41, 5.74) is 3.33. The van der Waals surface area contributed by atoms with Crippen molar-refractivity contribution in [2.75, 3.05) is 6.54 Å². The Kier molecular flexibility index (Phi) is 3.59. The number of aliphatic imine (C=N–C) groups is 1. The number of hydrogen-bond acceptors (Lipinski definition) is 1. The van der Waals surface area contributed by atoms with Crippen LogP contribution in [0.5, 0.6) is 0 Å². The summed E-state index contributed by atoms with van der Waals surface area (Å²) < 4.78 is 12.8. The lowest BCUT2D eigenvalue weighted by atomic mass is 10.1. The molecule has 0 unspecified atom stereocenters. The summed E-state index contributed by atoms with van der Waals surface area (Å²) in [6, 6.07) is 14.8. The Hall–Kier alpha value is -2.42. The van der Waals surface area contributed by atoms with Crippen LogP contribution in [-0.4, -0.2) is 17.7 Å². The smallest absolute Gasteiger partial charge is 0.123 e. The number of fused-ring (bicyclic) bond motifs is 1. The topological polar surface area (TPSA) is 28.1 Å². The predicted molar refractivity (Wildman–Crippen MR) is 80.9 cm³/mol. The van der Waals surface area contributed by atoms with Gasteiger partial charge in [0.25, 0.3) is 0 Å². The zero-order chi connectivity index (χ0) is 13.8. The lowest BCUT2D eigenvalue weighted by molar-refractivity contribution is 0.627. The Morgan fingerprint density at radius 1 is 1.05 bits per heavy atom. The average molecular weight is 266 g/mol. The van der Waals surface area contributed by atoms with E-state index in [2.05, 4.69) is 22.1 Å². The van der Waals surface area contributed by atoms with Crippen LogP contribution in [0.2, 0.25) is 0 Å². The first-order valence-corrected chi connectivity index (χ1v) is 6.63. The fourth-order valence-corrected chi connectivity index (χ4v) is 2.17. The highest BCUT2D eigenvalue weighted by Crippen LogP contribution is 2.13. The Morgan fingerprint density at radius 2 is 1.90 bits per heavy atom. The van der Waals surface area contributed by atoms with E-state index < -0.39 is 0 Å². The summed E-state index contributed by atoms with van der Waals surface area (Å²) in [5.74, 6) is -0.197. The van der Waals surface area contributed by atoms with Crippen molar-refractivity contribution in [2.24, 2.45) is 4.99 Å². The van der Waals surface area contributed by atoms with Crippen molar-refractivity contribution in [1.29, 1.82) is 0 Å². The third kappa shape index (κ3) is 2.94. The molecule has 0 saturated carbocycles. The van der Waals surface area contributed by atoms with E-state index in [9.17, 15) is 4.39 Å². The normalized spacial score (nSPS) is 11.4. The van der Waals surface area contributed by atoms with Crippen LogP contribution in [0.1, 0.15) is 11.1 Å². The molecule has 0 radical (unpaired) electrons. The van der Waals surface area contributed by atoms with Crippen LogP contribution in [0.4, 0.5) is 4.39 Å². The third-order valence-corrected chi connectivity index (χ3v) is 3.26. The van der Waals surface area contributed by atoms with E-state index in [1.165, 1.54) is 17.5 Å². The number of benzene rings is 2. The number of H-pyrrole nitrogens is 1. The second-order valence-corrected chi connectivity index (χ2v) is 4.74. The van der Waals surface area contributed by atoms with Crippen molar-refractivity contribution in [2.45, 2.75) is 6.42 Å². The maximum absolute atomic E-state index is 12.8. The van der Waals surface area contributed by atoms with Gasteiger partial charge in [-0.3, -0.25) is 4.99 Å². The van der Waals surface area contributed by atoms with E-state index in [1.807, 2.05) is 24.5 Å². The van der Waals surface area contributed by atoms with Crippen molar-refractivity contribution in [3.63, 3.8) is 0 Å². The first-order valence-electron chi connectivity index (χ1n) is 6.63. The van der Waals surface area contributed by atoms with Gasteiger partial charge in [-0.25, -0.2) is 4.39 Å². The fourth-order valence-electron chi connectivity index (χ4n) is 2.17. The van der Waals surface area contributed by atoms with Crippen LogP contribution in [-0.2, 0) is 6.42 Å². The average Bonchev–Trinajstić information content (AvgIpc) is 2.93. The first-order chi connectivity index (χ1) is 9.81. The van der Waals surface area contributed by atoms with Gasteiger partial charge in [-0.1, -0.05) is 18.2 Å². The molecule has 0 aliphatic rings. The number of aromatic nitrogens is 1. The van der Waals surface area contributed by atoms with Crippen LogP contribution < -0.4 is 0 Å². The van der Waals surface area contributed by atoms with Crippen molar-refractivity contribution in [3.05, 3.63) is 71.7 Å². The zero-order valence-electron chi connectivity index (χ0n) is 11.0. The molecule has 0 aliphatic carbocycles. The maximum Gasteiger partial charge on any atom is 0.123 e. The molecule has 0 aliphatic heterocycles. The van der Waals surface area contributed by atoms with Crippen molar-refractivity contribution in [1.82, 2.24) is 4.98 Å². The molecule has 0 saturated heterocycles. The highest BCUT2D eigenvalue weighted by atomic mass is 19.1. The van der Waals surface area contributed by atoms with Gasteiger partial charge in [-0.2, -0.15) is 0 Å². The molecular weight excluding hydrogens is 251 g/mol. The molecule has 0 bridgehead atoms. The molecule has 1 heterocycles. The molecule has 0 atom stereocenters. The van der Waals surface area contributed by atoms with Gasteiger partial charge >= 0.3 is 0 Å². The summed E-state index contributed by atoms with van der Waals surface area (Å²) in [7, 11) is 0. The molecule has 0 fully saturated rings. The van der Waals surface area contributed by atoms with Gasteiger partial charge in [0, 0.05) is 24.5 Å². The van der Waals surface area contributed by atoms with Gasteiger partial charge in [0.15, 0.2) is 0 Å². The lowest BCUT2D eigenvalue weighted by Gasteiger charge is -1.98. The van der Waals surface area contributed by atoms with Crippen LogP contribution in [0.15, 0.2) is 59.7 Å². The molecule has 0 spiro atoms. The minimum Gasteiger partial charge on any atom is -0.361 e. The van der Waals surface area contributed by atoms with Gasteiger partial charge < -0.3 is 4.98 Å². The molecule has 100 valence electrons. The van der Waals surface area contributed by atoms with Crippen molar-refractivity contribution < 1.29 is 4.39 Å². The number of aromatic amines is 1. The summed E-state index contributed by atoms with van der Waals surface area (Å²) in [6.45, 7) is 0.705. The molecule has 3 aromatic rings. The van der Waals surface area contributed by atoms with Gasteiger partial charge in [0.1, 0.15) is 5.82 Å². The van der Waals surface area contributed by atoms with Crippen LogP contribution >= 0.6 is 0 Å². The van der Waals surface area contributed by atoms with Crippen molar-refractivity contribution in [3.8, 4) is 0 Å². The second kappa shape index (κ2) is 5.70. The Balaban J connectivity index is 1.61. The summed E-state index contributed by atoms with van der Waals surface area (Å²) in [6.07, 6.45) is 4.64. The molecule has 3 heteroatoms. The number of hydrogen-bond donors (Lipinski definition) is 1. The number of halogens is 1. The molecule has 0 amide bonds. The summed E-state index contributed by atoms with van der Waals surface area (Å²) in [5, 5.41) is 1.19. The van der Waals surface area contributed by atoms with E-state index >= 15 is 0 Å². The fraction of sp³-hybridized carbons (Fsp3) is 0.118. The highest BCUT2D eigenvalue weighted by molar-refractivity contribution is 5.88. The highest BCUT2D eigenvalue weighted by Gasteiger charge is 1.95. The Morgan fingerprint density at radius 3 is 2.75 bits per heavy atom. The SMILES string of the molecule is Fc1ccc(CCN=Cc2ccc3[nH]ccc3c2)cc1. The third-order valence-electron chi connectivity index (χ3n) is 3.26. The molecular formula is C17H15FN2. The number of nitrogens with zero attached hydrogens (tertiary/aromatic N) is 1. The second-order valence-electron chi connectivity index (χ2n) is 4.74. The molecule has 20 heavy (non-hydrogen) atoms. The van der Waals surface area contributed by atoms with E-state index in [0.717, 1.165) is 23.1 Å². The maximum atomic E-state index is 12.8. The minimum absolute atomic E-state index is 0.197. The van der Waals surface area contributed by atoms with Crippen molar-refractivity contribution >= 4 is 17.1 Å². The number of rotatable bonds is 4. The van der Waals surface area contributed by atoms with Crippen LogP contribution in [0, 0.1) is 5.82 Å². The van der Waals surface area contributed by atoms with Gasteiger partial charge in [0.05, 0.1) is 0 Å². The molecule has 1 aromatic heterocycles. The Labute approximate surface area is 117 Å². The van der Waals surface area contributed by atoms with E-state index in [4.69, 9.17) is 0 Å². The first kappa shape index (κ1) is 12.6. The Bertz CT molecular complexity index is 726. The van der Waals surface area contributed by atoms with Gasteiger partial charge in [-0.15, -0.1) is 0 Å². The van der Waals surface area contributed by atoms with Crippen LogP contribution in [0.25, 0.3) is 10.9 Å². The minimum atomic E-state index is -0.197. The van der Waals surface area contributed by atoms with E-state index in [-0.39, 0.29) is 5.82 Å². The quantitative estimate of drug-likeness (QED) is 0.692. The molecule has 3 rings (SSSR count). The monoisotopic (exact) mass is 266 g/mol. The zero-order valence-corrected chi connectivity index (χ0v) is 11.0. The standard InChI is InChI=1S/C17H15FN2/c18-16-4-1-13(2-5-16)7-9-19-12-14-3-6-17-15(11-14)8-10-20-17/h1-6,8,10-12,20H,7,9H2. The summed E-state index contributed by atoms with van der Waals surface area (Å²) >= 11 is 0. The summed E-state index contributed by atoms with van der Waals surface area (Å²) in [4.78, 5) is 7.59. The number of nitrogens with one attached hydrogen (secondary N) is 1. The van der Waals surface area contributed by atoms with E-state index in [1.54, 1.807) is 12.1 Å². The molecule has 1 N–H and O–H groups in total. The molecule has 2 aromatic carbocycles. The van der Waals surface area contributed by atoms with Gasteiger partial charge in [0.2, 0.25) is 0 Å². The predicted octanol–water partition coefficient (Wildman–Crippen LogP) is 3.97. The largest absolute Gasteiger partial charge is 0.361 e. The van der Waals surface area contributed by atoms with E-state index in [0.29, 0.717) is 6.54 Å². The van der Waals surface area contributed by atoms with Gasteiger partial charge in [-0.05, 0) is 53.3 Å². The lowest BCUT2D eigenvalue weighted by Crippen LogP contribution is -1.91.